The molecule has 4 nitrogen and oxygen atoms in total. The molecule has 0 aromatic heterocycles. The van der Waals surface area contributed by atoms with Crippen molar-refractivity contribution in [3.8, 4) is 17.2 Å². The molecule has 0 saturated heterocycles. The van der Waals surface area contributed by atoms with Crippen molar-refractivity contribution in [3.63, 3.8) is 0 Å². The summed E-state index contributed by atoms with van der Waals surface area (Å²) in [4.78, 5) is 0. The summed E-state index contributed by atoms with van der Waals surface area (Å²) in [6, 6.07) is 14.0. The van der Waals surface area contributed by atoms with Crippen LogP contribution in [-0.4, -0.2) is 19.3 Å². The molecule has 2 rings (SSSR count). The quantitative estimate of drug-likeness (QED) is 0.836. The monoisotopic (exact) mass is 260 g/mol. The number of rotatable bonds is 5. The first-order valence-corrected chi connectivity index (χ1v) is 5.85. The van der Waals surface area contributed by atoms with Gasteiger partial charge in [0.05, 0.1) is 0 Å². The molecule has 0 aliphatic heterocycles. The van der Waals surface area contributed by atoms with Crippen molar-refractivity contribution in [2.45, 2.75) is 6.29 Å². The predicted molar refractivity (Wildman–Crippen MR) is 71.4 cm³/mol. The standard InChI is InChI=1S/C15H16O4/c1-17-15(18-2)11-3-7-13(8-4-11)19-14-9-5-12(16)6-10-14/h3-10,15-16H,1-2H3. The topological polar surface area (TPSA) is 47.9 Å². The van der Waals surface area contributed by atoms with Crippen LogP contribution in [0.3, 0.4) is 0 Å². The maximum absolute atomic E-state index is 9.19. The molecule has 0 aliphatic carbocycles. The molecule has 4 heteroatoms. The number of hydrogen-bond donors (Lipinski definition) is 1. The van der Waals surface area contributed by atoms with E-state index >= 15 is 0 Å². The van der Waals surface area contributed by atoms with Crippen LogP contribution in [0.4, 0.5) is 0 Å². The van der Waals surface area contributed by atoms with E-state index in [4.69, 9.17) is 14.2 Å². The highest BCUT2D eigenvalue weighted by Crippen LogP contribution is 2.25. The second-order valence-electron chi connectivity index (χ2n) is 3.97. The van der Waals surface area contributed by atoms with Crippen LogP contribution in [-0.2, 0) is 9.47 Å². The van der Waals surface area contributed by atoms with Gasteiger partial charge in [-0.3, -0.25) is 0 Å². The van der Waals surface area contributed by atoms with Gasteiger partial charge >= 0.3 is 0 Å². The second kappa shape index (κ2) is 6.22. The average molecular weight is 260 g/mol. The Balaban J connectivity index is 2.08. The summed E-state index contributed by atoms with van der Waals surface area (Å²) in [6.07, 6.45) is -0.372. The van der Waals surface area contributed by atoms with Crippen LogP contribution >= 0.6 is 0 Å². The lowest BCUT2D eigenvalue weighted by Crippen LogP contribution is -2.03. The van der Waals surface area contributed by atoms with Gasteiger partial charge in [0.2, 0.25) is 0 Å². The number of phenols is 1. The van der Waals surface area contributed by atoms with E-state index in [1.165, 1.54) is 0 Å². The van der Waals surface area contributed by atoms with Crippen molar-refractivity contribution in [2.75, 3.05) is 14.2 Å². The number of hydrogen-bond acceptors (Lipinski definition) is 4. The Morgan fingerprint density at radius 3 is 1.74 bits per heavy atom. The molecule has 0 atom stereocenters. The van der Waals surface area contributed by atoms with Gasteiger partial charge in [-0.2, -0.15) is 0 Å². The van der Waals surface area contributed by atoms with Gasteiger partial charge in [0, 0.05) is 19.8 Å². The Morgan fingerprint density at radius 2 is 1.26 bits per heavy atom. The number of aromatic hydroxyl groups is 1. The Kier molecular flexibility index (Phi) is 4.39. The van der Waals surface area contributed by atoms with E-state index in [9.17, 15) is 5.11 Å². The zero-order valence-electron chi connectivity index (χ0n) is 10.9. The first-order chi connectivity index (χ1) is 9.22. The minimum Gasteiger partial charge on any atom is -0.508 e. The Morgan fingerprint density at radius 1 is 0.789 bits per heavy atom. The molecule has 0 unspecified atom stereocenters. The number of ether oxygens (including phenoxy) is 3. The third-order valence-corrected chi connectivity index (χ3v) is 2.65. The first-order valence-electron chi connectivity index (χ1n) is 5.85. The van der Waals surface area contributed by atoms with Crippen LogP contribution in [0.1, 0.15) is 11.9 Å². The SMILES string of the molecule is COC(OC)c1ccc(Oc2ccc(O)cc2)cc1. The molecule has 2 aromatic rings. The summed E-state index contributed by atoms with van der Waals surface area (Å²) in [5.74, 6) is 1.59. The second-order valence-corrected chi connectivity index (χ2v) is 3.97. The van der Waals surface area contributed by atoms with E-state index in [0.29, 0.717) is 11.5 Å². The van der Waals surface area contributed by atoms with Gasteiger partial charge in [-0.1, -0.05) is 12.1 Å². The minimum atomic E-state index is -0.372. The van der Waals surface area contributed by atoms with Crippen molar-refractivity contribution >= 4 is 0 Å². The van der Waals surface area contributed by atoms with Crippen LogP contribution in [0.5, 0.6) is 17.2 Å². The van der Waals surface area contributed by atoms with Crippen LogP contribution in [0.15, 0.2) is 48.5 Å². The third-order valence-electron chi connectivity index (χ3n) is 2.65. The lowest BCUT2D eigenvalue weighted by Gasteiger charge is -2.14. The van der Waals surface area contributed by atoms with Crippen molar-refractivity contribution in [1.82, 2.24) is 0 Å². The summed E-state index contributed by atoms with van der Waals surface area (Å²) in [5.41, 5.74) is 0.919. The number of phenolic OH excluding ortho intramolecular Hbond substituents is 1. The van der Waals surface area contributed by atoms with Gasteiger partial charge in [0.15, 0.2) is 6.29 Å². The van der Waals surface area contributed by atoms with Gasteiger partial charge in [-0.05, 0) is 36.4 Å². The van der Waals surface area contributed by atoms with Crippen LogP contribution in [0.2, 0.25) is 0 Å². The van der Waals surface area contributed by atoms with Crippen molar-refractivity contribution in [3.05, 3.63) is 54.1 Å². The molecule has 0 aliphatic rings. The van der Waals surface area contributed by atoms with E-state index in [1.807, 2.05) is 24.3 Å². The summed E-state index contributed by atoms with van der Waals surface area (Å²) in [6.45, 7) is 0. The maximum atomic E-state index is 9.19. The van der Waals surface area contributed by atoms with Crippen molar-refractivity contribution in [1.29, 1.82) is 0 Å². The van der Waals surface area contributed by atoms with E-state index in [0.717, 1.165) is 5.56 Å². The lowest BCUT2D eigenvalue weighted by atomic mass is 10.2. The highest BCUT2D eigenvalue weighted by molar-refractivity contribution is 5.36. The minimum absolute atomic E-state index is 0.214. The summed E-state index contributed by atoms with van der Waals surface area (Å²) in [5, 5.41) is 9.19. The molecule has 0 fully saturated rings. The van der Waals surface area contributed by atoms with Crippen molar-refractivity contribution in [2.24, 2.45) is 0 Å². The highest BCUT2D eigenvalue weighted by Gasteiger charge is 2.08. The van der Waals surface area contributed by atoms with E-state index in [-0.39, 0.29) is 12.0 Å². The fraction of sp³-hybridized carbons (Fsp3) is 0.200. The normalized spacial score (nSPS) is 10.7. The molecule has 1 N–H and O–H groups in total. The van der Waals surface area contributed by atoms with Crippen LogP contribution < -0.4 is 4.74 Å². The average Bonchev–Trinajstić information content (AvgIpc) is 2.44. The van der Waals surface area contributed by atoms with Gasteiger partial charge in [-0.25, -0.2) is 0 Å². The highest BCUT2D eigenvalue weighted by atomic mass is 16.7. The molecule has 0 saturated carbocycles. The summed E-state index contributed by atoms with van der Waals surface area (Å²) >= 11 is 0. The zero-order valence-corrected chi connectivity index (χ0v) is 10.9. The fourth-order valence-electron chi connectivity index (χ4n) is 1.71. The molecular formula is C15H16O4. The van der Waals surface area contributed by atoms with E-state index in [1.54, 1.807) is 38.5 Å². The Bertz CT molecular complexity index is 501. The number of methoxy groups -OCH3 is 2. The number of benzene rings is 2. The van der Waals surface area contributed by atoms with Gasteiger partial charge in [-0.15, -0.1) is 0 Å². The Hall–Kier alpha value is -2.04. The molecule has 0 heterocycles. The van der Waals surface area contributed by atoms with Crippen molar-refractivity contribution < 1.29 is 19.3 Å². The van der Waals surface area contributed by atoms with Gasteiger partial charge in [0.25, 0.3) is 0 Å². The van der Waals surface area contributed by atoms with E-state index in [2.05, 4.69) is 0 Å². The molecule has 0 spiro atoms. The third kappa shape index (κ3) is 3.47. The molecule has 19 heavy (non-hydrogen) atoms. The lowest BCUT2D eigenvalue weighted by molar-refractivity contribution is -0.106. The van der Waals surface area contributed by atoms with Crippen LogP contribution in [0, 0.1) is 0 Å². The summed E-state index contributed by atoms with van der Waals surface area (Å²) < 4.78 is 16.0. The van der Waals surface area contributed by atoms with Gasteiger partial charge in [0.1, 0.15) is 17.2 Å². The van der Waals surface area contributed by atoms with E-state index < -0.39 is 0 Å². The molecule has 0 amide bonds. The molecular weight excluding hydrogens is 244 g/mol. The van der Waals surface area contributed by atoms with Crippen LogP contribution in [0.25, 0.3) is 0 Å². The molecule has 2 aromatic carbocycles. The fourth-order valence-corrected chi connectivity index (χ4v) is 1.71. The smallest absolute Gasteiger partial charge is 0.183 e. The van der Waals surface area contributed by atoms with Gasteiger partial charge < -0.3 is 19.3 Å². The molecule has 0 radical (unpaired) electrons. The molecule has 100 valence electrons. The summed E-state index contributed by atoms with van der Waals surface area (Å²) in [7, 11) is 3.18. The predicted octanol–water partition coefficient (Wildman–Crippen LogP) is 3.48. The largest absolute Gasteiger partial charge is 0.508 e. The first kappa shape index (κ1) is 13.4. The maximum Gasteiger partial charge on any atom is 0.183 e. The molecule has 0 bridgehead atoms. The zero-order chi connectivity index (χ0) is 13.7. The Labute approximate surface area is 112 Å².